The van der Waals surface area contributed by atoms with Gasteiger partial charge in [0.05, 0.1) is 24.9 Å². The highest BCUT2D eigenvalue weighted by Crippen LogP contribution is 2.09. The number of hydrogen-bond acceptors (Lipinski definition) is 5. The van der Waals surface area contributed by atoms with Gasteiger partial charge in [0, 0.05) is 6.54 Å². The maximum absolute atomic E-state index is 9.18. The van der Waals surface area contributed by atoms with E-state index in [1.165, 1.54) is 0 Å². The van der Waals surface area contributed by atoms with Crippen LogP contribution in [0.1, 0.15) is 0 Å². The van der Waals surface area contributed by atoms with E-state index in [9.17, 15) is 5.11 Å². The maximum Gasteiger partial charge on any atom is 0.109 e. The van der Waals surface area contributed by atoms with Gasteiger partial charge in [-0.3, -0.25) is 0 Å². The standard InChI is InChI=1S/C6H13NO4/c8-2-3-5(10)6(11)4(9)1-7-3/h3-11H,1-2H2/t3?,4?,5-,6+/m0/s1/i7+1. The van der Waals surface area contributed by atoms with E-state index in [0.29, 0.717) is 0 Å². The number of piperidine rings is 1. The lowest BCUT2D eigenvalue weighted by molar-refractivity contribution is -0.101. The average molecular weight is 164 g/mol. The van der Waals surface area contributed by atoms with E-state index in [1.54, 1.807) is 0 Å². The van der Waals surface area contributed by atoms with Gasteiger partial charge in [-0.1, -0.05) is 0 Å². The molecule has 1 fully saturated rings. The minimum Gasteiger partial charge on any atom is -0.395 e. The Morgan fingerprint density at radius 2 is 1.82 bits per heavy atom. The van der Waals surface area contributed by atoms with Gasteiger partial charge in [0.2, 0.25) is 0 Å². The van der Waals surface area contributed by atoms with E-state index < -0.39 is 24.4 Å². The number of hydrogen-bond donors (Lipinski definition) is 5. The molecule has 2 unspecified atom stereocenters. The van der Waals surface area contributed by atoms with Crippen LogP contribution in [0.3, 0.4) is 0 Å². The first-order valence-electron chi connectivity index (χ1n) is 3.55. The van der Waals surface area contributed by atoms with Gasteiger partial charge in [0.1, 0.15) is 6.10 Å². The van der Waals surface area contributed by atoms with Gasteiger partial charge in [-0.2, -0.15) is 0 Å². The van der Waals surface area contributed by atoms with Crippen molar-refractivity contribution in [2.75, 3.05) is 13.2 Å². The summed E-state index contributed by atoms with van der Waals surface area (Å²) in [6.07, 6.45) is -3.20. The lowest BCUT2D eigenvalue weighted by atomic mass is 9.99. The summed E-state index contributed by atoms with van der Waals surface area (Å²) in [4.78, 5) is 0. The van der Waals surface area contributed by atoms with Crippen LogP contribution >= 0.6 is 0 Å². The summed E-state index contributed by atoms with van der Waals surface area (Å²) in [6, 6.07) is -0.534. The molecule has 1 heterocycles. The Morgan fingerprint density at radius 1 is 1.18 bits per heavy atom. The molecule has 0 radical (unpaired) electrons. The molecule has 5 N–H and O–H groups in total. The Balaban J connectivity index is 2.52. The van der Waals surface area contributed by atoms with Gasteiger partial charge in [0.15, 0.2) is 0 Å². The van der Waals surface area contributed by atoms with Crippen LogP contribution in [0, 0.1) is 0 Å². The molecule has 0 saturated carbocycles. The Labute approximate surface area is 64.3 Å². The fourth-order valence-corrected chi connectivity index (χ4v) is 1.15. The number of aliphatic hydroxyl groups excluding tert-OH is 4. The lowest BCUT2D eigenvalue weighted by Crippen LogP contribution is -2.60. The molecule has 0 aromatic carbocycles. The Bertz CT molecular complexity index is 130. The molecule has 0 aromatic heterocycles. The van der Waals surface area contributed by atoms with E-state index in [0.717, 1.165) is 0 Å². The number of aliphatic hydroxyl groups is 4. The van der Waals surface area contributed by atoms with Crippen molar-refractivity contribution in [3.05, 3.63) is 0 Å². The van der Waals surface area contributed by atoms with E-state index in [4.69, 9.17) is 15.3 Å². The lowest BCUT2D eigenvalue weighted by Gasteiger charge is -2.34. The van der Waals surface area contributed by atoms with Crippen LogP contribution in [0.5, 0.6) is 0 Å². The van der Waals surface area contributed by atoms with Crippen LogP contribution in [0.4, 0.5) is 0 Å². The van der Waals surface area contributed by atoms with Crippen LogP contribution < -0.4 is 5.32 Å². The second-order valence-corrected chi connectivity index (χ2v) is 2.75. The zero-order chi connectivity index (χ0) is 8.43. The second kappa shape index (κ2) is 3.46. The van der Waals surface area contributed by atoms with Crippen molar-refractivity contribution in [2.24, 2.45) is 0 Å². The molecule has 5 heteroatoms. The SMILES string of the molecule is OCC1[15NH]CC(O)[C@@H](O)[C@H]1O. The molecule has 1 aliphatic rings. The summed E-state index contributed by atoms with van der Waals surface area (Å²) in [5.74, 6) is 0. The molecule has 11 heavy (non-hydrogen) atoms. The fourth-order valence-electron chi connectivity index (χ4n) is 1.15. The quantitative estimate of drug-likeness (QED) is 0.267. The highest BCUT2D eigenvalue weighted by Gasteiger charge is 2.35. The minimum absolute atomic E-state index is 0.198. The Hall–Kier alpha value is -0.200. The molecule has 0 spiro atoms. The molecular weight excluding hydrogens is 151 g/mol. The van der Waals surface area contributed by atoms with Gasteiger partial charge in [-0.15, -0.1) is 0 Å². The Morgan fingerprint density at radius 3 is 2.36 bits per heavy atom. The number of nitrogens with one attached hydrogen (secondary N) is 1. The van der Waals surface area contributed by atoms with Gasteiger partial charge >= 0.3 is 0 Å². The first-order chi connectivity index (χ1) is 5.16. The molecular formula is C6H13NO4. The summed E-state index contributed by atoms with van der Waals surface area (Å²) in [6.45, 7) is -0.0472. The Kier molecular flexibility index (Phi) is 2.80. The second-order valence-electron chi connectivity index (χ2n) is 2.75. The van der Waals surface area contributed by atoms with Gasteiger partial charge in [0.25, 0.3) is 0 Å². The van der Waals surface area contributed by atoms with E-state index in [1.807, 2.05) is 0 Å². The van der Waals surface area contributed by atoms with Crippen LogP contribution in [0.15, 0.2) is 0 Å². The van der Waals surface area contributed by atoms with Gasteiger partial charge < -0.3 is 25.7 Å². The molecule has 1 rings (SSSR count). The zero-order valence-corrected chi connectivity index (χ0v) is 6.01. The molecule has 0 aliphatic carbocycles. The van der Waals surface area contributed by atoms with Crippen molar-refractivity contribution in [3.8, 4) is 0 Å². The summed E-state index contributed by atoms with van der Waals surface area (Å²) in [5, 5.41) is 38.6. The fraction of sp³-hybridized carbons (Fsp3) is 1.00. The number of β-amino-alcohol motifs (C(OH)–C–C–N with tert-alkyl or cyclic N) is 1. The van der Waals surface area contributed by atoms with Crippen molar-refractivity contribution < 1.29 is 20.4 Å². The molecule has 5 nitrogen and oxygen atoms in total. The van der Waals surface area contributed by atoms with Crippen LogP contribution in [-0.4, -0.2) is 57.9 Å². The normalized spacial score (nSPS) is 45.8. The third-order valence-corrected chi connectivity index (χ3v) is 1.94. The summed E-state index contributed by atoms with van der Waals surface area (Å²) in [7, 11) is 0. The molecule has 0 amide bonds. The summed E-state index contributed by atoms with van der Waals surface area (Å²) in [5.41, 5.74) is 0. The molecule has 4 atom stereocenters. The van der Waals surface area contributed by atoms with E-state index >= 15 is 0 Å². The third kappa shape index (κ3) is 1.69. The first kappa shape index (κ1) is 8.89. The van der Waals surface area contributed by atoms with Crippen LogP contribution in [0.2, 0.25) is 0 Å². The molecule has 1 aliphatic heterocycles. The summed E-state index contributed by atoms with van der Waals surface area (Å²) >= 11 is 0. The van der Waals surface area contributed by atoms with Crippen molar-refractivity contribution in [2.45, 2.75) is 24.4 Å². The molecule has 0 aromatic rings. The van der Waals surface area contributed by atoms with E-state index in [-0.39, 0.29) is 13.2 Å². The topological polar surface area (TPSA) is 93.0 Å². The summed E-state index contributed by atoms with van der Waals surface area (Å²) < 4.78 is 0. The van der Waals surface area contributed by atoms with Crippen molar-refractivity contribution in [3.63, 3.8) is 0 Å². The largest absolute Gasteiger partial charge is 0.395 e. The highest BCUT2D eigenvalue weighted by atomic mass is 16.4. The molecule has 0 bridgehead atoms. The van der Waals surface area contributed by atoms with Crippen LogP contribution in [0.25, 0.3) is 0 Å². The predicted molar refractivity (Wildman–Crippen MR) is 36.9 cm³/mol. The molecule has 1 saturated heterocycles. The highest BCUT2D eigenvalue weighted by molar-refractivity contribution is 4.91. The zero-order valence-electron chi connectivity index (χ0n) is 6.01. The first-order valence-corrected chi connectivity index (χ1v) is 3.55. The van der Waals surface area contributed by atoms with Gasteiger partial charge in [-0.05, 0) is 0 Å². The van der Waals surface area contributed by atoms with Crippen molar-refractivity contribution in [1.82, 2.24) is 5.32 Å². The van der Waals surface area contributed by atoms with Gasteiger partial charge in [-0.25, -0.2) is 0 Å². The number of rotatable bonds is 1. The maximum atomic E-state index is 9.18. The third-order valence-electron chi connectivity index (χ3n) is 1.94. The van der Waals surface area contributed by atoms with Crippen LogP contribution in [-0.2, 0) is 0 Å². The van der Waals surface area contributed by atoms with Crippen molar-refractivity contribution in [1.29, 1.82) is 0 Å². The average Bonchev–Trinajstić information content (AvgIpc) is 2.01. The molecule has 66 valence electrons. The van der Waals surface area contributed by atoms with Crippen molar-refractivity contribution >= 4 is 0 Å². The predicted octanol–water partition coefficient (Wildman–Crippen LogP) is -2.97. The monoisotopic (exact) mass is 164 g/mol. The smallest absolute Gasteiger partial charge is 0.109 e. The minimum atomic E-state index is -1.16. The van der Waals surface area contributed by atoms with E-state index in [2.05, 4.69) is 5.32 Å².